The third kappa shape index (κ3) is 4.04. The van der Waals surface area contributed by atoms with Gasteiger partial charge in [-0.1, -0.05) is 60.7 Å². The van der Waals surface area contributed by atoms with Crippen LogP contribution in [-0.4, -0.2) is 17.3 Å². The van der Waals surface area contributed by atoms with Gasteiger partial charge >= 0.3 is 0 Å². The van der Waals surface area contributed by atoms with Gasteiger partial charge in [0.05, 0.1) is 32.0 Å². The van der Waals surface area contributed by atoms with Crippen LogP contribution in [0.1, 0.15) is 16.7 Å². The van der Waals surface area contributed by atoms with Gasteiger partial charge in [0.25, 0.3) is 0 Å². The molecule has 1 N–H and O–H groups in total. The molecule has 4 rings (SSSR count). The van der Waals surface area contributed by atoms with Crippen LogP contribution < -0.4 is 10.2 Å². The quantitative estimate of drug-likeness (QED) is 0.450. The van der Waals surface area contributed by atoms with Crippen LogP contribution in [0.5, 0.6) is 0 Å². The van der Waals surface area contributed by atoms with Crippen molar-refractivity contribution >= 4 is 22.2 Å². The van der Waals surface area contributed by atoms with Gasteiger partial charge in [0.15, 0.2) is 0 Å². The molecule has 0 bridgehead atoms. The number of fused-ring (bicyclic) bond motifs is 2. The highest BCUT2D eigenvalue weighted by molar-refractivity contribution is 7.85. The Morgan fingerprint density at radius 1 is 0.897 bits per heavy atom. The van der Waals surface area contributed by atoms with Crippen molar-refractivity contribution < 1.29 is 4.21 Å². The van der Waals surface area contributed by atoms with Gasteiger partial charge in [0, 0.05) is 19.6 Å². The molecule has 148 valence electrons. The molecule has 0 amide bonds. The van der Waals surface area contributed by atoms with Gasteiger partial charge in [-0.3, -0.25) is 0 Å². The van der Waals surface area contributed by atoms with E-state index in [9.17, 15) is 4.21 Å². The van der Waals surface area contributed by atoms with E-state index < -0.39 is 10.8 Å². The Morgan fingerprint density at radius 3 is 2.48 bits per heavy atom. The molecular formula is C25H26N2OS. The fraction of sp³-hybridized carbons (Fsp3) is 0.200. The molecular weight excluding hydrogens is 376 g/mol. The first-order valence-electron chi connectivity index (χ1n) is 9.95. The zero-order chi connectivity index (χ0) is 20.2. The predicted molar refractivity (Wildman–Crippen MR) is 121 cm³/mol. The van der Waals surface area contributed by atoms with E-state index >= 15 is 0 Å². The number of anilines is 2. The van der Waals surface area contributed by atoms with Crippen molar-refractivity contribution in [3.63, 3.8) is 0 Å². The minimum atomic E-state index is -1.14. The van der Waals surface area contributed by atoms with E-state index in [1.165, 1.54) is 16.7 Å². The summed E-state index contributed by atoms with van der Waals surface area (Å²) in [5, 5.41) is 3.45. The summed E-state index contributed by atoms with van der Waals surface area (Å²) in [7, 11) is -1.14. The molecule has 0 spiro atoms. The van der Waals surface area contributed by atoms with E-state index in [1.54, 1.807) is 0 Å². The van der Waals surface area contributed by atoms with E-state index in [4.69, 9.17) is 0 Å². The standard InChI is InChI=1S/C25H26N2OS/c1-19-14-15-24-25(20(19)2)27(22-12-6-7-13-23(22)29(24)28)17-9-8-16-26-18-21-10-4-3-5-11-21/h3-15,26H,16-18H2,1-2H3/b9-8+. The van der Waals surface area contributed by atoms with Crippen molar-refractivity contribution in [2.75, 3.05) is 18.0 Å². The Kier molecular flexibility index (Phi) is 5.93. The van der Waals surface area contributed by atoms with Gasteiger partial charge in [-0.15, -0.1) is 0 Å². The molecule has 3 aromatic carbocycles. The second-order valence-electron chi connectivity index (χ2n) is 7.29. The predicted octanol–water partition coefficient (Wildman–Crippen LogP) is 5.27. The Hall–Kier alpha value is -2.69. The van der Waals surface area contributed by atoms with Gasteiger partial charge in [-0.2, -0.15) is 0 Å². The van der Waals surface area contributed by atoms with Crippen molar-refractivity contribution in [3.8, 4) is 0 Å². The molecule has 3 nitrogen and oxygen atoms in total. The Balaban J connectivity index is 1.52. The lowest BCUT2D eigenvalue weighted by Crippen LogP contribution is -2.25. The number of hydrogen-bond donors (Lipinski definition) is 1. The lowest BCUT2D eigenvalue weighted by molar-refractivity contribution is 0.681. The lowest BCUT2D eigenvalue weighted by atomic mass is 10.1. The molecule has 0 radical (unpaired) electrons. The maximum Gasteiger partial charge on any atom is 0.0892 e. The van der Waals surface area contributed by atoms with Crippen LogP contribution in [0.15, 0.2) is 88.7 Å². The van der Waals surface area contributed by atoms with Crippen LogP contribution in [0.4, 0.5) is 11.4 Å². The molecule has 0 saturated carbocycles. The van der Waals surface area contributed by atoms with Crippen molar-refractivity contribution in [1.82, 2.24) is 5.32 Å². The molecule has 1 heterocycles. The van der Waals surface area contributed by atoms with Gasteiger partial charge in [-0.05, 0) is 48.7 Å². The molecule has 3 aromatic rings. The molecule has 29 heavy (non-hydrogen) atoms. The number of rotatable bonds is 6. The van der Waals surface area contributed by atoms with Crippen LogP contribution in [-0.2, 0) is 17.3 Å². The minimum absolute atomic E-state index is 0.749. The maximum atomic E-state index is 13.1. The largest absolute Gasteiger partial charge is 0.335 e. The fourth-order valence-electron chi connectivity index (χ4n) is 3.69. The van der Waals surface area contributed by atoms with Crippen LogP contribution in [0, 0.1) is 13.8 Å². The molecule has 1 aliphatic heterocycles. The minimum Gasteiger partial charge on any atom is -0.335 e. The summed E-state index contributed by atoms with van der Waals surface area (Å²) in [6.07, 6.45) is 4.36. The fourth-order valence-corrected chi connectivity index (χ4v) is 5.12. The van der Waals surface area contributed by atoms with Crippen molar-refractivity contribution in [2.24, 2.45) is 0 Å². The first-order valence-corrected chi connectivity index (χ1v) is 11.1. The van der Waals surface area contributed by atoms with E-state index in [0.717, 1.165) is 40.8 Å². The smallest absolute Gasteiger partial charge is 0.0892 e. The summed E-state index contributed by atoms with van der Waals surface area (Å²) in [6, 6.07) is 22.5. The van der Waals surface area contributed by atoms with E-state index in [0.29, 0.717) is 0 Å². The topological polar surface area (TPSA) is 32.3 Å². The summed E-state index contributed by atoms with van der Waals surface area (Å²) in [4.78, 5) is 4.09. The first-order chi connectivity index (χ1) is 14.2. The molecule has 4 heteroatoms. The summed E-state index contributed by atoms with van der Waals surface area (Å²) >= 11 is 0. The zero-order valence-electron chi connectivity index (χ0n) is 16.9. The van der Waals surface area contributed by atoms with E-state index in [-0.39, 0.29) is 0 Å². The average molecular weight is 403 g/mol. The zero-order valence-corrected chi connectivity index (χ0v) is 17.7. The summed E-state index contributed by atoms with van der Waals surface area (Å²) in [5.74, 6) is 0. The molecule has 0 saturated heterocycles. The number of aryl methyl sites for hydroxylation is 1. The van der Waals surface area contributed by atoms with Crippen molar-refractivity contribution in [2.45, 2.75) is 30.2 Å². The Morgan fingerprint density at radius 2 is 1.66 bits per heavy atom. The summed E-state index contributed by atoms with van der Waals surface area (Å²) in [5.41, 5.74) is 5.82. The van der Waals surface area contributed by atoms with Gasteiger partial charge < -0.3 is 10.2 Å². The lowest BCUT2D eigenvalue weighted by Gasteiger charge is -2.33. The monoisotopic (exact) mass is 402 g/mol. The molecule has 1 unspecified atom stereocenters. The highest BCUT2D eigenvalue weighted by Crippen LogP contribution is 2.44. The normalized spacial score (nSPS) is 15.4. The maximum absolute atomic E-state index is 13.1. The highest BCUT2D eigenvalue weighted by Gasteiger charge is 2.29. The van der Waals surface area contributed by atoms with E-state index in [2.05, 4.69) is 72.6 Å². The van der Waals surface area contributed by atoms with Crippen LogP contribution in [0.3, 0.4) is 0 Å². The Labute approximate surface area is 175 Å². The number of nitrogens with one attached hydrogen (secondary N) is 1. The SMILES string of the molecule is Cc1ccc2c(c1C)N(C/C=C/CNCc1ccccc1)c1ccccc1S2=O. The number of hydrogen-bond acceptors (Lipinski definition) is 3. The Bertz CT molecular complexity index is 1060. The van der Waals surface area contributed by atoms with E-state index in [1.807, 2.05) is 30.3 Å². The second kappa shape index (κ2) is 8.76. The number of benzene rings is 3. The van der Waals surface area contributed by atoms with Gasteiger partial charge in [0.2, 0.25) is 0 Å². The highest BCUT2D eigenvalue weighted by atomic mass is 32.2. The van der Waals surface area contributed by atoms with Crippen molar-refractivity contribution in [1.29, 1.82) is 0 Å². The number of para-hydroxylation sites is 1. The molecule has 1 atom stereocenters. The number of nitrogens with zero attached hydrogens (tertiary/aromatic N) is 1. The summed E-state index contributed by atoms with van der Waals surface area (Å²) < 4.78 is 13.1. The van der Waals surface area contributed by atoms with Gasteiger partial charge in [0.1, 0.15) is 0 Å². The van der Waals surface area contributed by atoms with Crippen LogP contribution >= 0.6 is 0 Å². The van der Waals surface area contributed by atoms with Crippen molar-refractivity contribution in [3.05, 3.63) is 95.6 Å². The van der Waals surface area contributed by atoms with Gasteiger partial charge in [-0.25, -0.2) is 4.21 Å². The first kappa shape index (κ1) is 19.6. The van der Waals surface area contributed by atoms with Crippen LogP contribution in [0.25, 0.3) is 0 Å². The molecule has 0 aliphatic carbocycles. The van der Waals surface area contributed by atoms with Crippen LogP contribution in [0.2, 0.25) is 0 Å². The average Bonchev–Trinajstić information content (AvgIpc) is 2.76. The summed E-state index contributed by atoms with van der Waals surface area (Å²) in [6.45, 7) is 6.66. The third-order valence-electron chi connectivity index (χ3n) is 5.38. The third-order valence-corrected chi connectivity index (χ3v) is 6.85. The second-order valence-corrected chi connectivity index (χ2v) is 8.71. The molecule has 1 aliphatic rings. The molecule has 0 fully saturated rings. The molecule has 0 aromatic heterocycles.